The van der Waals surface area contributed by atoms with Gasteiger partial charge in [-0.25, -0.2) is 0 Å². The lowest BCUT2D eigenvalue weighted by Gasteiger charge is -2.55. The molecule has 2 aliphatic rings. The second kappa shape index (κ2) is 5.12. The largest absolute Gasteiger partial charge is 0.396 e. The fraction of sp³-hybridized carbons (Fsp3) is 0.700. The van der Waals surface area contributed by atoms with Gasteiger partial charge in [-0.05, 0) is 65.0 Å². The molecule has 0 aromatic heterocycles. The van der Waals surface area contributed by atoms with Crippen LogP contribution in [-0.4, -0.2) is 11.7 Å². The molecule has 0 spiro atoms. The average molecular weight is 286 g/mol. The quantitative estimate of drug-likeness (QED) is 0.827. The lowest BCUT2D eigenvalue weighted by atomic mass is 9.50. The SMILES string of the molecule is CC(C)c1ccc2c(c1)CC[C@H]1[C@@](C)(CO)CCC[C@]21C. The predicted octanol–water partition coefficient (Wildman–Crippen LogP) is 4.81. The van der Waals surface area contributed by atoms with E-state index in [1.165, 1.54) is 37.7 Å². The number of hydrogen-bond acceptors (Lipinski definition) is 1. The van der Waals surface area contributed by atoms with Crippen molar-refractivity contribution in [3.8, 4) is 0 Å². The number of aliphatic hydroxyl groups excluding tert-OH is 1. The highest BCUT2D eigenvalue weighted by Crippen LogP contribution is 2.57. The first kappa shape index (κ1) is 15.1. The van der Waals surface area contributed by atoms with Crippen LogP contribution in [0.3, 0.4) is 0 Å². The second-order valence-corrected chi connectivity index (χ2v) is 8.25. The fourth-order valence-electron chi connectivity index (χ4n) is 5.19. The van der Waals surface area contributed by atoms with Crippen LogP contribution in [0.15, 0.2) is 18.2 Å². The standard InChI is InChI=1S/C20H30O/c1-14(2)15-6-8-17-16(12-15)7-9-18-19(3,13-21)10-5-11-20(17,18)4/h6,8,12,14,18,21H,5,7,9-11,13H2,1-4H3/t18-,19+,20+/m0/s1. The Balaban J connectivity index is 2.05. The van der Waals surface area contributed by atoms with Gasteiger partial charge in [0.05, 0.1) is 0 Å². The lowest BCUT2D eigenvalue weighted by molar-refractivity contribution is -0.0179. The van der Waals surface area contributed by atoms with Gasteiger partial charge in [-0.2, -0.15) is 0 Å². The third-order valence-corrected chi connectivity index (χ3v) is 6.53. The van der Waals surface area contributed by atoms with Gasteiger partial charge >= 0.3 is 0 Å². The number of benzene rings is 1. The first-order valence-corrected chi connectivity index (χ1v) is 8.65. The predicted molar refractivity (Wildman–Crippen MR) is 88.7 cm³/mol. The van der Waals surface area contributed by atoms with Crippen LogP contribution in [0.1, 0.15) is 76.0 Å². The van der Waals surface area contributed by atoms with Crippen molar-refractivity contribution in [2.24, 2.45) is 11.3 Å². The molecule has 0 amide bonds. The normalized spacial score (nSPS) is 35.4. The molecule has 1 aromatic carbocycles. The Morgan fingerprint density at radius 1 is 1.24 bits per heavy atom. The summed E-state index contributed by atoms with van der Waals surface area (Å²) >= 11 is 0. The molecule has 1 heteroatoms. The molecule has 0 aliphatic heterocycles. The zero-order valence-electron chi connectivity index (χ0n) is 14.1. The Hall–Kier alpha value is -0.820. The zero-order valence-corrected chi connectivity index (χ0v) is 14.1. The van der Waals surface area contributed by atoms with Gasteiger partial charge in [0.1, 0.15) is 0 Å². The van der Waals surface area contributed by atoms with Gasteiger partial charge in [0.25, 0.3) is 0 Å². The summed E-state index contributed by atoms with van der Waals surface area (Å²) in [5.74, 6) is 1.23. The number of aliphatic hydroxyl groups is 1. The molecule has 1 N–H and O–H groups in total. The molecule has 0 radical (unpaired) electrons. The van der Waals surface area contributed by atoms with E-state index >= 15 is 0 Å². The number of aryl methyl sites for hydroxylation is 1. The minimum Gasteiger partial charge on any atom is -0.396 e. The first-order chi connectivity index (χ1) is 9.90. The van der Waals surface area contributed by atoms with Crippen LogP contribution >= 0.6 is 0 Å². The van der Waals surface area contributed by atoms with E-state index < -0.39 is 0 Å². The van der Waals surface area contributed by atoms with Crippen LogP contribution in [-0.2, 0) is 11.8 Å². The van der Waals surface area contributed by atoms with E-state index in [9.17, 15) is 5.11 Å². The maximum absolute atomic E-state index is 9.97. The minimum absolute atomic E-state index is 0.113. The summed E-state index contributed by atoms with van der Waals surface area (Å²) < 4.78 is 0. The molecule has 21 heavy (non-hydrogen) atoms. The summed E-state index contributed by atoms with van der Waals surface area (Å²) in [5, 5.41) is 9.97. The molecule has 0 saturated heterocycles. The topological polar surface area (TPSA) is 20.2 Å². The van der Waals surface area contributed by atoms with Crippen molar-refractivity contribution in [2.45, 2.75) is 71.1 Å². The van der Waals surface area contributed by atoms with Crippen LogP contribution in [0.2, 0.25) is 0 Å². The van der Waals surface area contributed by atoms with Crippen LogP contribution in [0, 0.1) is 11.3 Å². The summed E-state index contributed by atoms with van der Waals surface area (Å²) in [4.78, 5) is 0. The molecule has 3 atom stereocenters. The number of fused-ring (bicyclic) bond motifs is 3. The zero-order chi connectivity index (χ0) is 15.3. The highest BCUT2D eigenvalue weighted by atomic mass is 16.3. The Bertz CT molecular complexity index is 533. The maximum Gasteiger partial charge on any atom is 0.0487 e. The minimum atomic E-state index is 0.113. The summed E-state index contributed by atoms with van der Waals surface area (Å²) in [5.41, 5.74) is 4.99. The van der Waals surface area contributed by atoms with E-state index in [0.717, 1.165) is 0 Å². The Labute approximate surface area is 129 Å². The van der Waals surface area contributed by atoms with E-state index in [-0.39, 0.29) is 10.8 Å². The van der Waals surface area contributed by atoms with Crippen LogP contribution in [0.4, 0.5) is 0 Å². The van der Waals surface area contributed by atoms with E-state index in [0.29, 0.717) is 18.4 Å². The molecule has 0 bridgehead atoms. The van der Waals surface area contributed by atoms with E-state index in [4.69, 9.17) is 0 Å². The van der Waals surface area contributed by atoms with E-state index in [1.54, 1.807) is 11.1 Å². The molecule has 3 rings (SSSR count). The number of rotatable bonds is 2. The molecule has 1 nitrogen and oxygen atoms in total. The molecule has 116 valence electrons. The molecule has 0 heterocycles. The van der Waals surface area contributed by atoms with Crippen LogP contribution in [0.25, 0.3) is 0 Å². The monoisotopic (exact) mass is 286 g/mol. The molecule has 2 aliphatic carbocycles. The van der Waals surface area contributed by atoms with E-state index in [1.807, 2.05) is 0 Å². The molecule has 1 fully saturated rings. The van der Waals surface area contributed by atoms with Gasteiger partial charge in [0, 0.05) is 6.61 Å². The van der Waals surface area contributed by atoms with Crippen molar-refractivity contribution in [2.75, 3.05) is 6.61 Å². The van der Waals surface area contributed by atoms with E-state index in [2.05, 4.69) is 45.9 Å². The van der Waals surface area contributed by atoms with Crippen LogP contribution < -0.4 is 0 Å². The highest BCUT2D eigenvalue weighted by Gasteiger charge is 2.51. The molecular formula is C20H30O. The maximum atomic E-state index is 9.97. The lowest BCUT2D eigenvalue weighted by Crippen LogP contribution is -2.50. The van der Waals surface area contributed by atoms with Crippen LogP contribution in [0.5, 0.6) is 0 Å². The van der Waals surface area contributed by atoms with Gasteiger partial charge < -0.3 is 5.11 Å². The molecular weight excluding hydrogens is 256 g/mol. The van der Waals surface area contributed by atoms with Gasteiger partial charge in [-0.15, -0.1) is 0 Å². The van der Waals surface area contributed by atoms with Gasteiger partial charge in [-0.3, -0.25) is 0 Å². The highest BCUT2D eigenvalue weighted by molar-refractivity contribution is 5.42. The first-order valence-electron chi connectivity index (χ1n) is 8.65. The molecule has 0 unspecified atom stereocenters. The summed E-state index contributed by atoms with van der Waals surface area (Å²) in [6.45, 7) is 9.66. The third-order valence-electron chi connectivity index (χ3n) is 6.53. The molecule has 1 saturated carbocycles. The van der Waals surface area contributed by atoms with Crippen molar-refractivity contribution in [1.82, 2.24) is 0 Å². The summed E-state index contributed by atoms with van der Waals surface area (Å²) in [6.07, 6.45) is 6.13. The van der Waals surface area contributed by atoms with Gasteiger partial charge in [0.15, 0.2) is 0 Å². The smallest absolute Gasteiger partial charge is 0.0487 e. The average Bonchev–Trinajstić information content (AvgIpc) is 2.46. The Morgan fingerprint density at radius 3 is 2.67 bits per heavy atom. The second-order valence-electron chi connectivity index (χ2n) is 8.25. The fourth-order valence-corrected chi connectivity index (χ4v) is 5.19. The summed E-state index contributed by atoms with van der Waals surface area (Å²) in [6, 6.07) is 7.19. The summed E-state index contributed by atoms with van der Waals surface area (Å²) in [7, 11) is 0. The van der Waals surface area contributed by atoms with Crippen molar-refractivity contribution in [3.05, 3.63) is 34.9 Å². The Kier molecular flexibility index (Phi) is 3.68. The van der Waals surface area contributed by atoms with Crippen molar-refractivity contribution >= 4 is 0 Å². The third kappa shape index (κ3) is 2.25. The molecule has 1 aromatic rings. The van der Waals surface area contributed by atoms with Crippen molar-refractivity contribution in [3.63, 3.8) is 0 Å². The van der Waals surface area contributed by atoms with Gasteiger partial charge in [-0.1, -0.05) is 52.3 Å². The van der Waals surface area contributed by atoms with Crippen molar-refractivity contribution in [1.29, 1.82) is 0 Å². The Morgan fingerprint density at radius 2 is 2.00 bits per heavy atom. The van der Waals surface area contributed by atoms with Gasteiger partial charge in [0.2, 0.25) is 0 Å². The van der Waals surface area contributed by atoms with Crippen molar-refractivity contribution < 1.29 is 5.11 Å². The number of hydrogen-bond donors (Lipinski definition) is 1.